The summed E-state index contributed by atoms with van der Waals surface area (Å²) in [5.74, 6) is 0. The van der Waals surface area contributed by atoms with Gasteiger partial charge in [-0.3, -0.25) is 9.97 Å². The minimum Gasteiger partial charge on any atom is -0.251 e. The lowest BCUT2D eigenvalue weighted by Crippen LogP contribution is -1.92. The van der Waals surface area contributed by atoms with Crippen LogP contribution in [0.1, 0.15) is 11.4 Å². The monoisotopic (exact) mass is 510 g/mol. The number of hydrogen-bond acceptors (Lipinski definition) is 2. The third kappa shape index (κ3) is 3.50. The smallest absolute Gasteiger partial charge is 0.0974 e. The van der Waals surface area contributed by atoms with Gasteiger partial charge in [-0.15, -0.1) is 0 Å². The lowest BCUT2D eigenvalue weighted by Gasteiger charge is -2.13. The second kappa shape index (κ2) is 8.72. The van der Waals surface area contributed by atoms with Crippen LogP contribution in [0.25, 0.3) is 76.4 Å². The van der Waals surface area contributed by atoms with E-state index in [0.717, 1.165) is 33.2 Å². The van der Waals surface area contributed by atoms with Gasteiger partial charge in [-0.05, 0) is 86.6 Å². The first-order valence-corrected chi connectivity index (χ1v) is 13.8. The summed E-state index contributed by atoms with van der Waals surface area (Å²) in [6, 6.07) is 44.0. The fraction of sp³-hybridized carbons (Fsp3) is 0.0526. The highest BCUT2D eigenvalue weighted by Gasteiger charge is 2.13. The molecule has 0 saturated heterocycles. The van der Waals surface area contributed by atoms with Gasteiger partial charge in [0.1, 0.15) is 0 Å². The number of benzene rings is 6. The predicted octanol–water partition coefficient (Wildman–Crippen LogP) is 10.2. The Morgan fingerprint density at radius 2 is 0.900 bits per heavy atom. The number of fused-ring (bicyclic) bond motifs is 9. The highest BCUT2D eigenvalue weighted by atomic mass is 14.8. The van der Waals surface area contributed by atoms with Gasteiger partial charge in [-0.1, -0.05) is 103 Å². The zero-order valence-corrected chi connectivity index (χ0v) is 22.4. The number of rotatable bonds is 2. The fourth-order valence-electron chi connectivity index (χ4n) is 6.27. The van der Waals surface area contributed by atoms with Gasteiger partial charge >= 0.3 is 0 Å². The highest BCUT2D eigenvalue weighted by molar-refractivity contribution is 6.25. The molecule has 0 N–H and O–H groups in total. The summed E-state index contributed by atoms with van der Waals surface area (Å²) in [5, 5.41) is 10.0. The molecule has 8 rings (SSSR count). The quantitative estimate of drug-likeness (QED) is 0.216. The molecule has 40 heavy (non-hydrogen) atoms. The molecule has 0 atom stereocenters. The molecule has 2 heterocycles. The van der Waals surface area contributed by atoms with Gasteiger partial charge in [0.05, 0.1) is 11.0 Å². The van der Waals surface area contributed by atoms with E-state index in [1.165, 1.54) is 54.6 Å². The Kier molecular flexibility index (Phi) is 4.99. The van der Waals surface area contributed by atoms with E-state index in [0.29, 0.717) is 0 Å². The van der Waals surface area contributed by atoms with Crippen molar-refractivity contribution in [2.24, 2.45) is 0 Å². The maximum Gasteiger partial charge on any atom is 0.0974 e. The largest absolute Gasteiger partial charge is 0.251 e. The molecule has 0 aliphatic carbocycles. The second-order valence-corrected chi connectivity index (χ2v) is 10.7. The van der Waals surface area contributed by atoms with Crippen LogP contribution in [-0.2, 0) is 0 Å². The van der Waals surface area contributed by atoms with Gasteiger partial charge in [0.2, 0.25) is 0 Å². The van der Waals surface area contributed by atoms with Crippen molar-refractivity contribution in [2.75, 3.05) is 0 Å². The Hall–Kier alpha value is -5.08. The SMILES string of the molecule is Cc1ccc2ccc3c(-c4ccc(-c5ccc6c7ccccc7c7ccccc7c6c5)cc4)cc(C)nc3c2n1. The second-order valence-electron chi connectivity index (χ2n) is 10.7. The van der Waals surface area contributed by atoms with Crippen LogP contribution >= 0.6 is 0 Å². The molecular weight excluding hydrogens is 484 g/mol. The summed E-state index contributed by atoms with van der Waals surface area (Å²) in [7, 11) is 0. The maximum atomic E-state index is 4.91. The molecule has 0 unspecified atom stereocenters. The minimum atomic E-state index is 0.967. The average molecular weight is 511 g/mol. The Labute approximate surface area is 232 Å². The third-order valence-corrected chi connectivity index (χ3v) is 8.18. The molecule has 6 aromatic carbocycles. The Balaban J connectivity index is 1.28. The van der Waals surface area contributed by atoms with Crippen LogP contribution in [0, 0.1) is 13.8 Å². The van der Waals surface area contributed by atoms with E-state index in [1.54, 1.807) is 0 Å². The fourth-order valence-corrected chi connectivity index (χ4v) is 6.27. The van der Waals surface area contributed by atoms with Crippen molar-refractivity contribution in [2.45, 2.75) is 13.8 Å². The molecular formula is C38H26N2. The lowest BCUT2D eigenvalue weighted by molar-refractivity contribution is 1.23. The van der Waals surface area contributed by atoms with Gasteiger partial charge < -0.3 is 0 Å². The van der Waals surface area contributed by atoms with Crippen molar-refractivity contribution in [1.29, 1.82) is 0 Å². The summed E-state index contributed by atoms with van der Waals surface area (Å²) >= 11 is 0. The minimum absolute atomic E-state index is 0.967. The molecule has 0 spiro atoms. The van der Waals surface area contributed by atoms with Crippen molar-refractivity contribution in [3.8, 4) is 22.3 Å². The number of hydrogen-bond donors (Lipinski definition) is 0. The summed E-state index contributed by atoms with van der Waals surface area (Å²) < 4.78 is 0. The Morgan fingerprint density at radius 3 is 1.60 bits per heavy atom. The number of pyridine rings is 2. The van der Waals surface area contributed by atoms with E-state index in [1.807, 2.05) is 6.92 Å². The van der Waals surface area contributed by atoms with Crippen molar-refractivity contribution in [3.63, 3.8) is 0 Å². The number of aromatic nitrogens is 2. The van der Waals surface area contributed by atoms with Gasteiger partial charge in [0.25, 0.3) is 0 Å². The van der Waals surface area contributed by atoms with Crippen molar-refractivity contribution in [3.05, 3.63) is 133 Å². The van der Waals surface area contributed by atoms with Crippen LogP contribution in [0.3, 0.4) is 0 Å². The lowest BCUT2D eigenvalue weighted by atomic mass is 9.91. The molecule has 188 valence electrons. The van der Waals surface area contributed by atoms with Crippen LogP contribution in [0.4, 0.5) is 0 Å². The first kappa shape index (κ1) is 22.9. The van der Waals surface area contributed by atoms with Crippen LogP contribution in [0.2, 0.25) is 0 Å². The zero-order chi connectivity index (χ0) is 26.8. The first-order chi connectivity index (χ1) is 19.6. The van der Waals surface area contributed by atoms with E-state index >= 15 is 0 Å². The molecule has 8 aromatic rings. The maximum absolute atomic E-state index is 4.91. The summed E-state index contributed by atoms with van der Waals surface area (Å²) in [6.45, 7) is 4.10. The van der Waals surface area contributed by atoms with Gasteiger partial charge in [0, 0.05) is 22.2 Å². The Bertz CT molecular complexity index is 2240. The van der Waals surface area contributed by atoms with Gasteiger partial charge in [-0.25, -0.2) is 0 Å². The average Bonchev–Trinajstić information content (AvgIpc) is 3.00. The van der Waals surface area contributed by atoms with Crippen LogP contribution in [0.5, 0.6) is 0 Å². The Morgan fingerprint density at radius 1 is 0.375 bits per heavy atom. The van der Waals surface area contributed by atoms with E-state index < -0.39 is 0 Å². The molecule has 2 heteroatoms. The van der Waals surface area contributed by atoms with Crippen LogP contribution in [0.15, 0.2) is 121 Å². The molecule has 0 radical (unpaired) electrons. The normalized spacial score (nSPS) is 11.8. The summed E-state index contributed by atoms with van der Waals surface area (Å²) in [6.07, 6.45) is 0. The third-order valence-electron chi connectivity index (χ3n) is 8.18. The van der Waals surface area contributed by atoms with Crippen molar-refractivity contribution in [1.82, 2.24) is 9.97 Å². The number of aryl methyl sites for hydroxylation is 2. The van der Waals surface area contributed by atoms with E-state index in [4.69, 9.17) is 9.97 Å². The van der Waals surface area contributed by atoms with E-state index in [9.17, 15) is 0 Å². The van der Waals surface area contributed by atoms with Crippen LogP contribution in [-0.4, -0.2) is 9.97 Å². The highest BCUT2D eigenvalue weighted by Crippen LogP contribution is 2.38. The molecule has 2 aromatic heterocycles. The van der Waals surface area contributed by atoms with E-state index in [2.05, 4.69) is 128 Å². The molecule has 0 amide bonds. The first-order valence-electron chi connectivity index (χ1n) is 13.8. The molecule has 0 fully saturated rings. The molecule has 2 nitrogen and oxygen atoms in total. The zero-order valence-electron chi connectivity index (χ0n) is 22.4. The summed E-state index contributed by atoms with van der Waals surface area (Å²) in [5.41, 5.74) is 8.74. The molecule has 0 aliphatic heterocycles. The summed E-state index contributed by atoms with van der Waals surface area (Å²) in [4.78, 5) is 9.75. The number of nitrogens with zero attached hydrogens (tertiary/aromatic N) is 2. The predicted molar refractivity (Wildman–Crippen MR) is 170 cm³/mol. The van der Waals surface area contributed by atoms with Crippen molar-refractivity contribution < 1.29 is 0 Å². The molecule has 0 aliphatic rings. The topological polar surface area (TPSA) is 25.8 Å². The van der Waals surface area contributed by atoms with Crippen molar-refractivity contribution >= 4 is 54.1 Å². The van der Waals surface area contributed by atoms with Gasteiger partial charge in [0.15, 0.2) is 0 Å². The van der Waals surface area contributed by atoms with Gasteiger partial charge in [-0.2, -0.15) is 0 Å². The molecule has 0 saturated carbocycles. The molecule has 0 bridgehead atoms. The standard InChI is InChI=1S/C38H26N2/c1-23-11-12-27-17-20-34-35(21-24(2)40-38(34)37(27)39-23)26-15-13-25(14-16-26)28-18-19-33-31-9-4-3-7-29(31)30-8-5-6-10-32(30)36(33)22-28/h3-22H,1-2H3. The van der Waals surface area contributed by atoms with Crippen LogP contribution < -0.4 is 0 Å². The van der Waals surface area contributed by atoms with E-state index in [-0.39, 0.29) is 0 Å².